The molecule has 0 saturated carbocycles. The summed E-state index contributed by atoms with van der Waals surface area (Å²) in [6, 6.07) is 0. The molecule has 0 aromatic rings. The Morgan fingerprint density at radius 2 is 2.55 bits per heavy atom. The standard InChI is InChI=1S/C6H9OPS3/c1-3-6-4-5-10-8(7,9-2)11-6/h1,6H,4-5H2,2H3. The van der Waals surface area contributed by atoms with Crippen LogP contribution >= 0.6 is 38.9 Å². The fourth-order valence-corrected chi connectivity index (χ4v) is 10.9. The first-order valence-corrected chi connectivity index (χ1v) is 9.76. The van der Waals surface area contributed by atoms with Gasteiger partial charge in [0.2, 0.25) is 4.75 Å². The molecule has 0 aliphatic carbocycles. The van der Waals surface area contributed by atoms with Crippen molar-refractivity contribution in [3.8, 4) is 12.3 Å². The molecule has 1 heterocycles. The van der Waals surface area contributed by atoms with E-state index >= 15 is 0 Å². The molecule has 2 atom stereocenters. The summed E-state index contributed by atoms with van der Waals surface area (Å²) in [5.41, 5.74) is 0. The second kappa shape index (κ2) is 4.18. The van der Waals surface area contributed by atoms with Gasteiger partial charge in [0.25, 0.3) is 0 Å². The second-order valence-corrected chi connectivity index (χ2v) is 13.9. The average molecular weight is 224 g/mol. The van der Waals surface area contributed by atoms with Crippen LogP contribution in [0, 0.1) is 12.3 Å². The van der Waals surface area contributed by atoms with Crippen LogP contribution < -0.4 is 0 Å². The van der Waals surface area contributed by atoms with Gasteiger partial charge in [0.15, 0.2) is 0 Å². The van der Waals surface area contributed by atoms with E-state index in [0.717, 1.165) is 12.2 Å². The molecule has 62 valence electrons. The highest BCUT2D eigenvalue weighted by Crippen LogP contribution is 2.80. The van der Waals surface area contributed by atoms with Crippen molar-refractivity contribution in [2.75, 3.05) is 12.0 Å². The highest BCUT2D eigenvalue weighted by Gasteiger charge is 2.30. The monoisotopic (exact) mass is 224 g/mol. The Bertz CT molecular complexity index is 222. The third-order valence-corrected chi connectivity index (χ3v) is 13.9. The quantitative estimate of drug-likeness (QED) is 0.501. The summed E-state index contributed by atoms with van der Waals surface area (Å²) >= 11 is 4.50. The maximum atomic E-state index is 11.8. The third-order valence-electron chi connectivity index (χ3n) is 1.30. The van der Waals surface area contributed by atoms with E-state index in [1.165, 1.54) is 22.8 Å². The van der Waals surface area contributed by atoms with E-state index < -0.39 is 4.75 Å². The van der Waals surface area contributed by atoms with Gasteiger partial charge in [-0.25, -0.2) is 0 Å². The molecule has 2 unspecified atom stereocenters. The number of terminal acetylenes is 1. The lowest BCUT2D eigenvalue weighted by atomic mass is 10.3. The number of rotatable bonds is 1. The van der Waals surface area contributed by atoms with Gasteiger partial charge >= 0.3 is 0 Å². The Hall–Kier alpha value is 0.840. The van der Waals surface area contributed by atoms with Crippen molar-refractivity contribution in [1.82, 2.24) is 0 Å². The molecule has 0 radical (unpaired) electrons. The predicted molar refractivity (Wildman–Crippen MR) is 58.4 cm³/mol. The molecule has 0 bridgehead atoms. The zero-order valence-electron chi connectivity index (χ0n) is 6.15. The van der Waals surface area contributed by atoms with Gasteiger partial charge in [-0.1, -0.05) is 40.1 Å². The van der Waals surface area contributed by atoms with Crippen LogP contribution in [0.15, 0.2) is 0 Å². The highest BCUT2D eigenvalue weighted by molar-refractivity contribution is 9.14. The zero-order valence-corrected chi connectivity index (χ0v) is 9.49. The van der Waals surface area contributed by atoms with E-state index in [2.05, 4.69) is 5.92 Å². The molecule has 1 rings (SSSR count). The van der Waals surface area contributed by atoms with Crippen LogP contribution in [0.25, 0.3) is 0 Å². The molecular formula is C6H9OPS3. The van der Waals surface area contributed by atoms with Gasteiger partial charge in [-0.15, -0.1) is 6.42 Å². The molecule has 1 nitrogen and oxygen atoms in total. The van der Waals surface area contributed by atoms with Gasteiger partial charge in [0.1, 0.15) is 0 Å². The van der Waals surface area contributed by atoms with Crippen molar-refractivity contribution in [3.63, 3.8) is 0 Å². The molecule has 11 heavy (non-hydrogen) atoms. The second-order valence-electron chi connectivity index (χ2n) is 2.01. The normalized spacial score (nSPS) is 38.0. The Kier molecular flexibility index (Phi) is 3.77. The van der Waals surface area contributed by atoms with Crippen LogP contribution in [-0.2, 0) is 4.57 Å². The zero-order chi connectivity index (χ0) is 8.32. The molecule has 1 aliphatic rings. The van der Waals surface area contributed by atoms with E-state index in [9.17, 15) is 4.57 Å². The molecule has 5 heteroatoms. The fraction of sp³-hybridized carbons (Fsp3) is 0.667. The van der Waals surface area contributed by atoms with Crippen LogP contribution in [0.1, 0.15) is 6.42 Å². The van der Waals surface area contributed by atoms with E-state index in [1.54, 1.807) is 11.4 Å². The summed E-state index contributed by atoms with van der Waals surface area (Å²) in [5, 5.41) is 0.175. The molecule has 1 saturated heterocycles. The minimum absolute atomic E-state index is 0.175. The van der Waals surface area contributed by atoms with Gasteiger partial charge < -0.3 is 0 Å². The summed E-state index contributed by atoms with van der Waals surface area (Å²) in [7, 11) is 0. The summed E-state index contributed by atoms with van der Waals surface area (Å²) < 4.78 is 9.71. The van der Waals surface area contributed by atoms with Gasteiger partial charge in [0, 0.05) is 5.75 Å². The molecule has 1 aliphatic heterocycles. The Labute approximate surface area is 79.5 Å². The minimum Gasteiger partial charge on any atom is -0.289 e. The molecule has 1 fully saturated rings. The predicted octanol–water partition coefficient (Wildman–Crippen LogP) is 3.33. The Morgan fingerprint density at radius 1 is 1.82 bits per heavy atom. The first-order chi connectivity index (χ1) is 5.20. The third kappa shape index (κ3) is 2.66. The van der Waals surface area contributed by atoms with E-state index in [0.29, 0.717) is 0 Å². The molecule has 0 aromatic heterocycles. The van der Waals surface area contributed by atoms with E-state index in [4.69, 9.17) is 6.42 Å². The van der Waals surface area contributed by atoms with Crippen LogP contribution in [-0.4, -0.2) is 17.3 Å². The van der Waals surface area contributed by atoms with Crippen molar-refractivity contribution >= 4 is 38.9 Å². The molecule has 0 spiro atoms. The van der Waals surface area contributed by atoms with Gasteiger partial charge in [-0.05, 0) is 12.7 Å². The van der Waals surface area contributed by atoms with Crippen LogP contribution in [0.5, 0.6) is 0 Å². The highest BCUT2D eigenvalue weighted by atomic mass is 33.4. The van der Waals surface area contributed by atoms with Gasteiger partial charge in [-0.2, -0.15) is 0 Å². The van der Waals surface area contributed by atoms with Crippen molar-refractivity contribution in [2.45, 2.75) is 11.7 Å². The lowest BCUT2D eigenvalue weighted by Gasteiger charge is -2.23. The SMILES string of the molecule is C#CC1CCSP(=O)(SC)S1. The summed E-state index contributed by atoms with van der Waals surface area (Å²) in [6.45, 7) is 0. The maximum Gasteiger partial charge on any atom is 0.244 e. The van der Waals surface area contributed by atoms with Gasteiger partial charge in [-0.3, -0.25) is 4.57 Å². The first kappa shape index (κ1) is 9.92. The molecule has 0 aromatic carbocycles. The average Bonchev–Trinajstić information content (AvgIpc) is 2.05. The molecule has 0 N–H and O–H groups in total. The van der Waals surface area contributed by atoms with Crippen molar-refractivity contribution in [2.24, 2.45) is 0 Å². The van der Waals surface area contributed by atoms with E-state index in [1.807, 2.05) is 6.26 Å². The minimum atomic E-state index is -2.06. The summed E-state index contributed by atoms with van der Waals surface area (Å²) in [6.07, 6.45) is 8.15. The number of hydrogen-bond acceptors (Lipinski definition) is 4. The Balaban J connectivity index is 2.61. The van der Waals surface area contributed by atoms with Crippen molar-refractivity contribution in [1.29, 1.82) is 0 Å². The van der Waals surface area contributed by atoms with Crippen LogP contribution in [0.3, 0.4) is 0 Å². The number of hydrogen-bond donors (Lipinski definition) is 0. The smallest absolute Gasteiger partial charge is 0.244 e. The Morgan fingerprint density at radius 3 is 3.09 bits per heavy atom. The van der Waals surface area contributed by atoms with Crippen molar-refractivity contribution < 1.29 is 4.57 Å². The molecular weight excluding hydrogens is 215 g/mol. The largest absolute Gasteiger partial charge is 0.289 e. The van der Waals surface area contributed by atoms with Crippen LogP contribution in [0.4, 0.5) is 0 Å². The molecule has 0 amide bonds. The lowest BCUT2D eigenvalue weighted by Crippen LogP contribution is -2.03. The fourth-order valence-electron chi connectivity index (χ4n) is 0.720. The maximum absolute atomic E-state index is 11.8. The summed E-state index contributed by atoms with van der Waals surface area (Å²) in [4.78, 5) is 0. The topological polar surface area (TPSA) is 17.1 Å². The lowest BCUT2D eigenvalue weighted by molar-refractivity contribution is 0.601. The summed E-state index contributed by atoms with van der Waals surface area (Å²) in [5.74, 6) is 3.60. The van der Waals surface area contributed by atoms with Gasteiger partial charge in [0.05, 0.1) is 5.25 Å². The first-order valence-electron chi connectivity index (χ1n) is 3.15. The van der Waals surface area contributed by atoms with Crippen molar-refractivity contribution in [3.05, 3.63) is 0 Å². The van der Waals surface area contributed by atoms with Crippen LogP contribution in [0.2, 0.25) is 0 Å². The van der Waals surface area contributed by atoms with E-state index in [-0.39, 0.29) is 5.25 Å².